The van der Waals surface area contributed by atoms with Crippen molar-refractivity contribution in [3.05, 3.63) is 42.2 Å². The largest absolute Gasteiger partial charge is 0.481 e. The number of hydrogen-bond donors (Lipinski definition) is 1. The lowest BCUT2D eigenvalue weighted by molar-refractivity contribution is 0.383. The van der Waals surface area contributed by atoms with Crippen molar-refractivity contribution in [2.75, 3.05) is 12.8 Å². The first-order valence-corrected chi connectivity index (χ1v) is 4.93. The second kappa shape index (κ2) is 4.69. The Labute approximate surface area is 97.8 Å². The van der Waals surface area contributed by atoms with Gasteiger partial charge in [-0.1, -0.05) is 6.07 Å². The van der Waals surface area contributed by atoms with Gasteiger partial charge in [-0.15, -0.1) is 0 Å². The lowest BCUT2D eigenvalue weighted by Gasteiger charge is -2.08. The summed E-state index contributed by atoms with van der Waals surface area (Å²) in [4.78, 5) is 4.03. The number of ether oxygens (including phenoxy) is 2. The van der Waals surface area contributed by atoms with Crippen LogP contribution in [0.25, 0.3) is 0 Å². The molecule has 2 aromatic rings. The average molecular weight is 234 g/mol. The zero-order valence-electron chi connectivity index (χ0n) is 9.18. The number of nitrogens with zero attached hydrogens (tertiary/aromatic N) is 1. The number of nitrogen functional groups attached to an aromatic ring is 1. The highest BCUT2D eigenvalue weighted by molar-refractivity contribution is 5.53. The van der Waals surface area contributed by atoms with Crippen LogP contribution in [0.3, 0.4) is 0 Å². The van der Waals surface area contributed by atoms with Gasteiger partial charge in [0.15, 0.2) is 5.75 Å². The Morgan fingerprint density at radius 2 is 1.94 bits per heavy atom. The van der Waals surface area contributed by atoms with Crippen LogP contribution in [0.1, 0.15) is 0 Å². The van der Waals surface area contributed by atoms with Crippen LogP contribution in [-0.2, 0) is 0 Å². The van der Waals surface area contributed by atoms with Gasteiger partial charge in [-0.25, -0.2) is 4.39 Å². The molecule has 4 nitrogen and oxygen atoms in total. The van der Waals surface area contributed by atoms with Crippen LogP contribution >= 0.6 is 0 Å². The molecule has 17 heavy (non-hydrogen) atoms. The Morgan fingerprint density at radius 1 is 1.18 bits per heavy atom. The lowest BCUT2D eigenvalue weighted by atomic mass is 10.3. The van der Waals surface area contributed by atoms with E-state index < -0.39 is 5.82 Å². The number of benzene rings is 1. The number of rotatable bonds is 3. The van der Waals surface area contributed by atoms with Crippen LogP contribution in [0.5, 0.6) is 17.5 Å². The third kappa shape index (κ3) is 2.63. The van der Waals surface area contributed by atoms with Crippen molar-refractivity contribution in [3.8, 4) is 17.5 Å². The van der Waals surface area contributed by atoms with Crippen molar-refractivity contribution in [2.24, 2.45) is 0 Å². The lowest BCUT2D eigenvalue weighted by Crippen LogP contribution is -1.95. The van der Waals surface area contributed by atoms with E-state index in [2.05, 4.69) is 4.98 Å². The van der Waals surface area contributed by atoms with Gasteiger partial charge in [-0.2, -0.15) is 4.98 Å². The van der Waals surface area contributed by atoms with Gasteiger partial charge in [0.2, 0.25) is 11.8 Å². The maximum Gasteiger partial charge on any atom is 0.222 e. The van der Waals surface area contributed by atoms with Crippen molar-refractivity contribution >= 4 is 5.69 Å². The SMILES string of the molecule is COc1cccc(Oc2cc(F)ccc2N)n1. The molecule has 0 aliphatic heterocycles. The highest BCUT2D eigenvalue weighted by Crippen LogP contribution is 2.27. The molecule has 1 aromatic carbocycles. The topological polar surface area (TPSA) is 57.4 Å². The van der Waals surface area contributed by atoms with E-state index in [9.17, 15) is 4.39 Å². The van der Waals surface area contributed by atoms with Gasteiger partial charge in [0.25, 0.3) is 0 Å². The summed E-state index contributed by atoms with van der Waals surface area (Å²) in [5, 5.41) is 0. The summed E-state index contributed by atoms with van der Waals surface area (Å²) in [6, 6.07) is 8.94. The minimum Gasteiger partial charge on any atom is -0.481 e. The zero-order chi connectivity index (χ0) is 12.3. The molecule has 2 rings (SSSR count). The normalized spacial score (nSPS) is 10.0. The number of halogens is 1. The third-order valence-electron chi connectivity index (χ3n) is 2.10. The quantitative estimate of drug-likeness (QED) is 0.829. The van der Waals surface area contributed by atoms with Crippen molar-refractivity contribution in [1.29, 1.82) is 0 Å². The maximum atomic E-state index is 13.0. The van der Waals surface area contributed by atoms with Crippen molar-refractivity contribution < 1.29 is 13.9 Å². The summed E-state index contributed by atoms with van der Waals surface area (Å²) in [5.41, 5.74) is 6.00. The fraction of sp³-hybridized carbons (Fsp3) is 0.0833. The molecule has 0 radical (unpaired) electrons. The Balaban J connectivity index is 2.27. The third-order valence-corrected chi connectivity index (χ3v) is 2.10. The molecule has 0 aliphatic rings. The summed E-state index contributed by atoms with van der Waals surface area (Å²) >= 11 is 0. The van der Waals surface area contributed by atoms with Crippen LogP contribution in [0.2, 0.25) is 0 Å². The van der Waals surface area contributed by atoms with E-state index in [1.54, 1.807) is 18.2 Å². The van der Waals surface area contributed by atoms with E-state index >= 15 is 0 Å². The highest BCUT2D eigenvalue weighted by atomic mass is 19.1. The molecule has 0 amide bonds. The van der Waals surface area contributed by atoms with Gasteiger partial charge in [0.1, 0.15) is 5.82 Å². The molecular weight excluding hydrogens is 223 g/mol. The number of pyridine rings is 1. The molecule has 1 heterocycles. The second-order valence-corrected chi connectivity index (χ2v) is 3.30. The summed E-state index contributed by atoms with van der Waals surface area (Å²) in [6.45, 7) is 0. The molecule has 1 aromatic heterocycles. The van der Waals surface area contributed by atoms with Crippen molar-refractivity contribution in [3.63, 3.8) is 0 Å². The van der Waals surface area contributed by atoms with E-state index in [1.165, 1.54) is 25.3 Å². The van der Waals surface area contributed by atoms with Gasteiger partial charge in [0, 0.05) is 18.2 Å². The molecule has 5 heteroatoms. The Kier molecular flexibility index (Phi) is 3.09. The van der Waals surface area contributed by atoms with Crippen LogP contribution in [0.4, 0.5) is 10.1 Å². The summed E-state index contributed by atoms with van der Waals surface area (Å²) < 4.78 is 23.3. The molecule has 0 atom stereocenters. The van der Waals surface area contributed by atoms with Crippen LogP contribution in [-0.4, -0.2) is 12.1 Å². The standard InChI is InChI=1S/C12H11FN2O2/c1-16-11-3-2-4-12(15-11)17-10-7-8(13)5-6-9(10)14/h2-7H,14H2,1H3. The molecule has 88 valence electrons. The van der Waals surface area contributed by atoms with Crippen LogP contribution in [0, 0.1) is 5.82 Å². The number of methoxy groups -OCH3 is 1. The minimum atomic E-state index is -0.419. The molecule has 0 spiro atoms. The number of hydrogen-bond acceptors (Lipinski definition) is 4. The summed E-state index contributed by atoms with van der Waals surface area (Å²) in [5.74, 6) is 0.516. The number of aromatic nitrogens is 1. The molecule has 0 saturated heterocycles. The average Bonchev–Trinajstić information content (AvgIpc) is 2.34. The van der Waals surface area contributed by atoms with Crippen molar-refractivity contribution in [1.82, 2.24) is 4.98 Å². The first kappa shape index (κ1) is 11.2. The minimum absolute atomic E-state index is 0.228. The van der Waals surface area contributed by atoms with Gasteiger partial charge >= 0.3 is 0 Å². The van der Waals surface area contributed by atoms with Gasteiger partial charge in [-0.05, 0) is 12.1 Å². The van der Waals surface area contributed by atoms with E-state index in [1.807, 2.05) is 0 Å². The summed E-state index contributed by atoms with van der Waals surface area (Å²) in [7, 11) is 1.50. The highest BCUT2D eigenvalue weighted by Gasteiger charge is 2.05. The van der Waals surface area contributed by atoms with Gasteiger partial charge in [-0.3, -0.25) is 0 Å². The first-order chi connectivity index (χ1) is 8.19. The maximum absolute atomic E-state index is 13.0. The molecule has 0 fully saturated rings. The van der Waals surface area contributed by atoms with Gasteiger partial charge in [0.05, 0.1) is 12.8 Å². The van der Waals surface area contributed by atoms with E-state index in [0.717, 1.165) is 0 Å². The van der Waals surface area contributed by atoms with E-state index in [0.29, 0.717) is 17.4 Å². The van der Waals surface area contributed by atoms with Gasteiger partial charge < -0.3 is 15.2 Å². The fourth-order valence-corrected chi connectivity index (χ4v) is 1.28. The molecule has 0 bridgehead atoms. The Hall–Kier alpha value is -2.30. The number of nitrogens with two attached hydrogens (primary N) is 1. The van der Waals surface area contributed by atoms with Crippen molar-refractivity contribution in [2.45, 2.75) is 0 Å². The zero-order valence-corrected chi connectivity index (χ0v) is 9.18. The molecular formula is C12H11FN2O2. The predicted octanol–water partition coefficient (Wildman–Crippen LogP) is 2.60. The Morgan fingerprint density at radius 3 is 2.71 bits per heavy atom. The number of anilines is 1. The molecule has 0 aliphatic carbocycles. The summed E-state index contributed by atoms with van der Waals surface area (Å²) in [6.07, 6.45) is 0. The fourth-order valence-electron chi connectivity index (χ4n) is 1.28. The molecule has 0 unspecified atom stereocenters. The molecule has 2 N–H and O–H groups in total. The van der Waals surface area contributed by atoms with Crippen LogP contribution < -0.4 is 15.2 Å². The smallest absolute Gasteiger partial charge is 0.222 e. The van der Waals surface area contributed by atoms with Crippen LogP contribution in [0.15, 0.2) is 36.4 Å². The molecule has 0 saturated carbocycles. The monoisotopic (exact) mass is 234 g/mol. The van der Waals surface area contributed by atoms with E-state index in [-0.39, 0.29) is 5.75 Å². The second-order valence-electron chi connectivity index (χ2n) is 3.30. The van der Waals surface area contributed by atoms with E-state index in [4.69, 9.17) is 15.2 Å². The predicted molar refractivity (Wildman–Crippen MR) is 61.7 cm³/mol. The first-order valence-electron chi connectivity index (χ1n) is 4.93. The Bertz CT molecular complexity index is 532.